The van der Waals surface area contributed by atoms with E-state index in [1.54, 1.807) is 24.5 Å². The Hall–Kier alpha value is -1.42. The number of guanidine groups is 1. The molecule has 0 bridgehead atoms. The molecule has 3 N–H and O–H groups in total. The number of carbonyl (C=O) groups excluding carboxylic acids is 1. The van der Waals surface area contributed by atoms with Gasteiger partial charge in [0.1, 0.15) is 0 Å². The lowest BCUT2D eigenvalue weighted by molar-refractivity contribution is -0.134. The number of aromatic nitrogens is 1. The van der Waals surface area contributed by atoms with E-state index in [4.69, 9.17) is 0 Å². The van der Waals surface area contributed by atoms with Crippen molar-refractivity contribution in [1.82, 2.24) is 20.5 Å². The monoisotopic (exact) mass is 501 g/mol. The minimum absolute atomic E-state index is 0. The Morgan fingerprint density at radius 3 is 2.71 bits per heavy atom. The van der Waals surface area contributed by atoms with Gasteiger partial charge in [-0.1, -0.05) is 12.8 Å². The number of likely N-dealkylation sites (tertiary alicyclic amines) is 1. The molecule has 2 heterocycles. The largest absolute Gasteiger partial charge is 0.386 e. The van der Waals surface area contributed by atoms with Crippen LogP contribution in [0.2, 0.25) is 0 Å². The lowest BCUT2D eigenvalue weighted by Crippen LogP contribution is -2.45. The number of hydrogen-bond donors (Lipinski definition) is 3. The van der Waals surface area contributed by atoms with Crippen molar-refractivity contribution in [3.63, 3.8) is 0 Å². The van der Waals surface area contributed by atoms with Gasteiger partial charge in [0.2, 0.25) is 5.91 Å². The minimum atomic E-state index is -0.660. The molecule has 0 spiro atoms. The lowest BCUT2D eigenvalue weighted by atomic mass is 10.1. The predicted octanol–water partition coefficient (Wildman–Crippen LogP) is 2.08. The van der Waals surface area contributed by atoms with E-state index >= 15 is 0 Å². The highest BCUT2D eigenvalue weighted by Gasteiger charge is 2.32. The molecule has 1 amide bonds. The fourth-order valence-corrected chi connectivity index (χ4v) is 3.89. The molecular formula is C20H32IN5O2. The molecule has 3 rings (SSSR count). The van der Waals surface area contributed by atoms with E-state index in [0.29, 0.717) is 11.9 Å². The van der Waals surface area contributed by atoms with Gasteiger partial charge in [0.05, 0.1) is 12.6 Å². The number of aliphatic hydroxyl groups excluding tert-OH is 1. The maximum absolute atomic E-state index is 12.6. The fraction of sp³-hybridized carbons (Fsp3) is 0.650. The standard InChI is InChI=1S/C20H31N5O2.HI/c1-2-22-20(23-13-18(26)15-7-10-21-11-8-15)24-17-9-12-25(14-17)19(27)16-5-3-4-6-16;/h7-8,10-11,16-18,26H,2-6,9,12-14H2,1H3,(H2,22,23,24);1H. The number of pyridine rings is 1. The van der Waals surface area contributed by atoms with Crippen LogP contribution in [0.4, 0.5) is 0 Å². The zero-order valence-corrected chi connectivity index (χ0v) is 18.8. The van der Waals surface area contributed by atoms with Crippen LogP contribution in [0.15, 0.2) is 29.5 Å². The smallest absolute Gasteiger partial charge is 0.225 e. The Balaban J connectivity index is 0.00000280. The Bertz CT molecular complexity index is 637. The summed E-state index contributed by atoms with van der Waals surface area (Å²) >= 11 is 0. The Labute approximate surface area is 184 Å². The predicted molar refractivity (Wildman–Crippen MR) is 121 cm³/mol. The average molecular weight is 501 g/mol. The van der Waals surface area contributed by atoms with E-state index in [0.717, 1.165) is 44.5 Å². The third-order valence-electron chi connectivity index (χ3n) is 5.40. The maximum atomic E-state index is 12.6. The zero-order valence-electron chi connectivity index (χ0n) is 16.5. The van der Waals surface area contributed by atoms with E-state index < -0.39 is 6.10 Å². The molecule has 8 heteroatoms. The molecule has 28 heavy (non-hydrogen) atoms. The van der Waals surface area contributed by atoms with Gasteiger partial charge in [-0.2, -0.15) is 0 Å². The van der Waals surface area contributed by atoms with Crippen molar-refractivity contribution < 1.29 is 9.90 Å². The third-order valence-corrected chi connectivity index (χ3v) is 5.40. The molecule has 2 unspecified atom stereocenters. The third kappa shape index (κ3) is 6.30. The van der Waals surface area contributed by atoms with Crippen LogP contribution in [0, 0.1) is 5.92 Å². The van der Waals surface area contributed by atoms with Crippen LogP contribution in [0.1, 0.15) is 50.7 Å². The first-order chi connectivity index (χ1) is 13.2. The number of aliphatic hydroxyl groups is 1. The van der Waals surface area contributed by atoms with Crippen LogP contribution in [0.5, 0.6) is 0 Å². The van der Waals surface area contributed by atoms with Gasteiger partial charge in [-0.3, -0.25) is 14.8 Å². The normalized spacial score (nSPS) is 21.3. The van der Waals surface area contributed by atoms with Gasteiger partial charge >= 0.3 is 0 Å². The van der Waals surface area contributed by atoms with Crippen LogP contribution in [0.25, 0.3) is 0 Å². The highest BCUT2D eigenvalue weighted by Crippen LogP contribution is 2.27. The summed E-state index contributed by atoms with van der Waals surface area (Å²) in [5.74, 6) is 1.25. The van der Waals surface area contributed by atoms with Crippen LogP contribution < -0.4 is 10.6 Å². The van der Waals surface area contributed by atoms with Gasteiger partial charge in [-0.15, -0.1) is 24.0 Å². The summed E-state index contributed by atoms with van der Waals surface area (Å²) in [4.78, 5) is 23.1. The first-order valence-corrected chi connectivity index (χ1v) is 10.1. The summed E-state index contributed by atoms with van der Waals surface area (Å²) in [6, 6.07) is 3.79. The van der Waals surface area contributed by atoms with E-state index in [-0.39, 0.29) is 42.5 Å². The molecule has 7 nitrogen and oxygen atoms in total. The number of nitrogens with one attached hydrogen (secondary N) is 2. The molecule has 156 valence electrons. The van der Waals surface area contributed by atoms with Gasteiger partial charge in [-0.25, -0.2) is 0 Å². The van der Waals surface area contributed by atoms with Crippen molar-refractivity contribution in [2.75, 3.05) is 26.2 Å². The maximum Gasteiger partial charge on any atom is 0.225 e. The molecule has 1 aromatic rings. The highest BCUT2D eigenvalue weighted by atomic mass is 127. The average Bonchev–Trinajstić information content (AvgIpc) is 3.38. The van der Waals surface area contributed by atoms with Crippen molar-refractivity contribution >= 4 is 35.8 Å². The molecule has 1 saturated heterocycles. The van der Waals surface area contributed by atoms with E-state index in [9.17, 15) is 9.90 Å². The van der Waals surface area contributed by atoms with Gasteiger partial charge in [0.15, 0.2) is 5.96 Å². The van der Waals surface area contributed by atoms with Gasteiger partial charge in [0, 0.05) is 44.0 Å². The number of nitrogens with zero attached hydrogens (tertiary/aromatic N) is 3. The molecule has 1 aliphatic carbocycles. The van der Waals surface area contributed by atoms with Crippen molar-refractivity contribution in [1.29, 1.82) is 0 Å². The van der Waals surface area contributed by atoms with Crippen LogP contribution in [0.3, 0.4) is 0 Å². The van der Waals surface area contributed by atoms with Crippen molar-refractivity contribution in [3.8, 4) is 0 Å². The summed E-state index contributed by atoms with van der Waals surface area (Å²) in [7, 11) is 0. The molecule has 2 fully saturated rings. The van der Waals surface area contributed by atoms with Gasteiger partial charge in [-0.05, 0) is 43.9 Å². The van der Waals surface area contributed by atoms with E-state index in [1.165, 1.54) is 12.8 Å². The number of halogens is 1. The summed E-state index contributed by atoms with van der Waals surface area (Å²) < 4.78 is 0. The molecule has 1 saturated carbocycles. The summed E-state index contributed by atoms with van der Waals surface area (Å²) in [5, 5.41) is 16.9. The lowest BCUT2D eigenvalue weighted by Gasteiger charge is -2.21. The molecule has 0 aromatic carbocycles. The van der Waals surface area contributed by atoms with Crippen molar-refractivity contribution in [2.24, 2.45) is 10.9 Å². The molecule has 2 aliphatic rings. The van der Waals surface area contributed by atoms with Crippen LogP contribution in [-0.2, 0) is 4.79 Å². The van der Waals surface area contributed by atoms with Crippen molar-refractivity contribution in [3.05, 3.63) is 30.1 Å². The SMILES string of the molecule is CCNC(=NCC(O)c1ccncc1)NC1CCN(C(=O)C2CCCC2)C1.I. The second kappa shape index (κ2) is 11.5. The van der Waals surface area contributed by atoms with Crippen LogP contribution in [-0.4, -0.2) is 59.1 Å². The summed E-state index contributed by atoms with van der Waals surface area (Å²) in [6.07, 6.45) is 8.06. The molecule has 1 aliphatic heterocycles. The van der Waals surface area contributed by atoms with Crippen LogP contribution >= 0.6 is 24.0 Å². The number of hydrogen-bond acceptors (Lipinski definition) is 4. The van der Waals surface area contributed by atoms with Crippen molar-refractivity contribution in [2.45, 2.75) is 51.2 Å². The second-order valence-electron chi connectivity index (χ2n) is 7.41. The zero-order chi connectivity index (χ0) is 19.1. The number of aliphatic imine (C=N–C) groups is 1. The molecule has 2 atom stereocenters. The first-order valence-electron chi connectivity index (χ1n) is 10.1. The first kappa shape index (κ1) is 22.9. The number of rotatable bonds is 6. The number of amides is 1. The highest BCUT2D eigenvalue weighted by molar-refractivity contribution is 14.0. The minimum Gasteiger partial charge on any atom is -0.386 e. The molecular weight excluding hydrogens is 469 g/mol. The number of carbonyl (C=O) groups is 1. The summed E-state index contributed by atoms with van der Waals surface area (Å²) in [5.41, 5.74) is 0.804. The van der Waals surface area contributed by atoms with Gasteiger partial charge < -0.3 is 20.6 Å². The molecule has 1 aromatic heterocycles. The fourth-order valence-electron chi connectivity index (χ4n) is 3.89. The second-order valence-corrected chi connectivity index (χ2v) is 7.41. The Kier molecular flexibility index (Phi) is 9.43. The Morgan fingerprint density at radius 2 is 2.04 bits per heavy atom. The molecule has 0 radical (unpaired) electrons. The van der Waals surface area contributed by atoms with E-state index in [2.05, 4.69) is 20.6 Å². The summed E-state index contributed by atoms with van der Waals surface area (Å²) in [6.45, 7) is 4.57. The Morgan fingerprint density at radius 1 is 1.32 bits per heavy atom. The van der Waals surface area contributed by atoms with Gasteiger partial charge in [0.25, 0.3) is 0 Å². The topological polar surface area (TPSA) is 89.8 Å². The van der Waals surface area contributed by atoms with E-state index in [1.807, 2.05) is 11.8 Å². The quantitative estimate of drug-likeness (QED) is 0.316.